The molecule has 0 unspecified atom stereocenters. The number of carbonyl (C=O) groups excluding carboxylic acids is 1. The summed E-state index contributed by atoms with van der Waals surface area (Å²) < 4.78 is 0. The summed E-state index contributed by atoms with van der Waals surface area (Å²) in [7, 11) is 0. The van der Waals surface area contributed by atoms with E-state index in [0.29, 0.717) is 19.3 Å². The minimum absolute atomic E-state index is 0.0383. The number of aromatic nitrogens is 1. The number of nitrogens with two attached hydrogens (primary N) is 1. The van der Waals surface area contributed by atoms with E-state index in [1.807, 2.05) is 92.7 Å². The Hall–Kier alpha value is -3.10. The molecular weight excluding hydrogens is 452 g/mol. The van der Waals surface area contributed by atoms with E-state index in [-0.39, 0.29) is 24.5 Å². The Kier molecular flexibility index (Phi) is 11.0. The van der Waals surface area contributed by atoms with Crippen LogP contribution in [0.5, 0.6) is 0 Å². The van der Waals surface area contributed by atoms with Crippen LogP contribution >= 0.6 is 0 Å². The molecule has 192 valence electrons. The van der Waals surface area contributed by atoms with E-state index in [1.165, 1.54) is 0 Å². The lowest BCUT2D eigenvalue weighted by atomic mass is 9.93. The van der Waals surface area contributed by atoms with Crippen molar-refractivity contribution in [3.63, 3.8) is 0 Å². The van der Waals surface area contributed by atoms with Crippen molar-refractivity contribution in [2.75, 3.05) is 0 Å². The van der Waals surface area contributed by atoms with Gasteiger partial charge in [0.25, 0.3) is 0 Å². The lowest BCUT2D eigenvalue weighted by Gasteiger charge is -2.29. The van der Waals surface area contributed by atoms with Crippen LogP contribution in [0.15, 0.2) is 85.1 Å². The van der Waals surface area contributed by atoms with E-state index >= 15 is 0 Å². The van der Waals surface area contributed by atoms with Gasteiger partial charge in [-0.1, -0.05) is 80.6 Å². The summed E-state index contributed by atoms with van der Waals surface area (Å²) in [5.74, 6) is -0.272. The normalized spacial score (nSPS) is 14.7. The fourth-order valence-corrected chi connectivity index (χ4v) is 4.08. The van der Waals surface area contributed by atoms with Crippen LogP contribution in [-0.2, 0) is 29.1 Å². The van der Waals surface area contributed by atoms with Crippen LogP contribution in [0.4, 0.5) is 0 Å². The van der Waals surface area contributed by atoms with E-state index in [9.17, 15) is 9.90 Å². The average Bonchev–Trinajstić information content (AvgIpc) is 2.87. The number of nitrogens with one attached hydrogen (secondary N) is 2. The fourth-order valence-electron chi connectivity index (χ4n) is 4.08. The maximum absolute atomic E-state index is 13.3. The third-order valence-electron chi connectivity index (χ3n) is 6.08. The van der Waals surface area contributed by atoms with Crippen molar-refractivity contribution in [3.8, 4) is 0 Å². The number of aliphatic hydroxyl groups is 1. The van der Waals surface area contributed by atoms with Crippen LogP contribution in [0.25, 0.3) is 0 Å². The quantitative estimate of drug-likeness (QED) is 0.259. The molecular formula is C29H38N4O3. The van der Waals surface area contributed by atoms with Crippen molar-refractivity contribution >= 4 is 5.91 Å². The van der Waals surface area contributed by atoms with Crippen molar-refractivity contribution in [3.05, 3.63) is 102 Å². The first-order valence-electron chi connectivity index (χ1n) is 12.5. The second kappa shape index (κ2) is 14.5. The molecule has 36 heavy (non-hydrogen) atoms. The summed E-state index contributed by atoms with van der Waals surface area (Å²) >= 11 is 0. The van der Waals surface area contributed by atoms with Crippen LogP contribution in [0.2, 0.25) is 0 Å². The third kappa shape index (κ3) is 9.17. The van der Waals surface area contributed by atoms with Gasteiger partial charge in [0.1, 0.15) is 12.6 Å². The number of hydroxylamine groups is 1. The summed E-state index contributed by atoms with van der Waals surface area (Å²) in [6, 6.07) is 24.0. The number of pyridine rings is 1. The van der Waals surface area contributed by atoms with Gasteiger partial charge in [-0.2, -0.15) is 5.48 Å². The van der Waals surface area contributed by atoms with Gasteiger partial charge in [-0.05, 0) is 48.4 Å². The molecule has 1 aromatic heterocycles. The number of rotatable bonds is 14. The molecule has 3 aromatic rings. The standard InChI is InChI=1S/C29H38N4O3/c1-21(2)28(33-36-20-25-15-9-10-16-31-25)29(35)32-26(18-23-13-7-4-8-14-23)27(34)19-24(30)17-22-11-5-3-6-12-22/h3-16,21,24,26-28,33-34H,17-20,30H2,1-2H3,(H,32,35)/t24-,26-,27-,28-/m0/s1. The molecule has 0 aliphatic carbocycles. The van der Waals surface area contributed by atoms with E-state index in [4.69, 9.17) is 10.6 Å². The molecule has 1 heterocycles. The molecule has 0 aliphatic heterocycles. The number of carbonyl (C=O) groups is 1. The maximum atomic E-state index is 13.3. The van der Waals surface area contributed by atoms with E-state index < -0.39 is 18.2 Å². The van der Waals surface area contributed by atoms with Crippen LogP contribution in [0, 0.1) is 5.92 Å². The van der Waals surface area contributed by atoms with Gasteiger partial charge in [0, 0.05) is 12.2 Å². The van der Waals surface area contributed by atoms with Crippen molar-refractivity contribution in [1.82, 2.24) is 15.8 Å². The monoisotopic (exact) mass is 490 g/mol. The Morgan fingerprint density at radius 1 is 0.944 bits per heavy atom. The second-order valence-corrected chi connectivity index (χ2v) is 9.51. The second-order valence-electron chi connectivity index (χ2n) is 9.51. The molecule has 7 nitrogen and oxygen atoms in total. The average molecular weight is 491 g/mol. The summed E-state index contributed by atoms with van der Waals surface area (Å²) in [5.41, 5.74) is 12.2. The highest BCUT2D eigenvalue weighted by Gasteiger charge is 2.29. The highest BCUT2D eigenvalue weighted by Crippen LogP contribution is 2.14. The molecule has 4 atom stereocenters. The van der Waals surface area contributed by atoms with E-state index in [0.717, 1.165) is 16.8 Å². The van der Waals surface area contributed by atoms with Crippen molar-refractivity contribution < 1.29 is 14.7 Å². The molecule has 0 saturated heterocycles. The summed E-state index contributed by atoms with van der Waals surface area (Å²) in [6.07, 6.45) is 2.40. The minimum atomic E-state index is -0.810. The Balaban J connectivity index is 1.64. The van der Waals surface area contributed by atoms with Gasteiger partial charge in [0.05, 0.1) is 17.8 Å². The van der Waals surface area contributed by atoms with Gasteiger partial charge >= 0.3 is 0 Å². The maximum Gasteiger partial charge on any atom is 0.240 e. The van der Waals surface area contributed by atoms with Crippen molar-refractivity contribution in [1.29, 1.82) is 0 Å². The van der Waals surface area contributed by atoms with Crippen molar-refractivity contribution in [2.24, 2.45) is 11.7 Å². The topological polar surface area (TPSA) is 110 Å². The zero-order valence-corrected chi connectivity index (χ0v) is 21.1. The van der Waals surface area contributed by atoms with E-state index in [1.54, 1.807) is 6.20 Å². The predicted molar refractivity (Wildman–Crippen MR) is 142 cm³/mol. The third-order valence-corrected chi connectivity index (χ3v) is 6.08. The summed E-state index contributed by atoms with van der Waals surface area (Å²) in [5, 5.41) is 14.2. The molecule has 5 N–H and O–H groups in total. The first-order chi connectivity index (χ1) is 17.4. The number of nitrogens with zero attached hydrogens (tertiary/aromatic N) is 1. The highest BCUT2D eigenvalue weighted by atomic mass is 16.6. The number of hydrogen-bond acceptors (Lipinski definition) is 6. The number of amides is 1. The molecule has 0 bridgehead atoms. The molecule has 0 saturated carbocycles. The fraction of sp³-hybridized carbons (Fsp3) is 0.379. The Morgan fingerprint density at radius 2 is 1.56 bits per heavy atom. The molecule has 2 aromatic carbocycles. The van der Waals surface area contributed by atoms with E-state index in [2.05, 4.69) is 15.8 Å². The molecule has 0 aliphatic rings. The van der Waals surface area contributed by atoms with Gasteiger partial charge < -0.3 is 16.2 Å². The number of benzene rings is 2. The zero-order chi connectivity index (χ0) is 25.8. The molecule has 0 spiro atoms. The Morgan fingerprint density at radius 3 is 2.14 bits per heavy atom. The van der Waals surface area contributed by atoms with Gasteiger partial charge in [0.15, 0.2) is 0 Å². The number of hydrogen-bond donors (Lipinski definition) is 4. The summed E-state index contributed by atoms with van der Waals surface area (Å²) in [4.78, 5) is 23.1. The Bertz CT molecular complexity index is 1020. The molecule has 1 amide bonds. The van der Waals surface area contributed by atoms with Gasteiger partial charge in [-0.3, -0.25) is 14.6 Å². The number of aliphatic hydroxyl groups excluding tert-OH is 1. The van der Waals surface area contributed by atoms with Crippen LogP contribution < -0.4 is 16.5 Å². The molecule has 7 heteroatoms. The highest BCUT2D eigenvalue weighted by molar-refractivity contribution is 5.82. The lowest BCUT2D eigenvalue weighted by molar-refractivity contribution is -0.131. The van der Waals surface area contributed by atoms with Crippen molar-refractivity contribution in [2.45, 2.75) is 63.9 Å². The Labute approximate surface area is 214 Å². The minimum Gasteiger partial charge on any atom is -0.391 e. The predicted octanol–water partition coefficient (Wildman–Crippen LogP) is 3.18. The smallest absolute Gasteiger partial charge is 0.240 e. The molecule has 0 fully saturated rings. The summed E-state index contributed by atoms with van der Waals surface area (Å²) in [6.45, 7) is 4.13. The molecule has 3 rings (SSSR count). The SMILES string of the molecule is CC(C)[C@H](NOCc1ccccn1)C(=O)N[C@@H](Cc1ccccc1)[C@@H](O)C[C@@H](N)Cc1ccccc1. The van der Waals surface area contributed by atoms with Crippen LogP contribution in [-0.4, -0.2) is 40.2 Å². The first-order valence-corrected chi connectivity index (χ1v) is 12.5. The zero-order valence-electron chi connectivity index (χ0n) is 21.1. The van der Waals surface area contributed by atoms with Crippen LogP contribution in [0.3, 0.4) is 0 Å². The first kappa shape index (κ1) is 27.5. The van der Waals surface area contributed by atoms with Gasteiger partial charge in [-0.15, -0.1) is 0 Å². The lowest BCUT2D eigenvalue weighted by Crippen LogP contribution is -2.54. The van der Waals surface area contributed by atoms with Gasteiger partial charge in [-0.25, -0.2) is 0 Å². The van der Waals surface area contributed by atoms with Crippen LogP contribution in [0.1, 0.15) is 37.1 Å². The van der Waals surface area contributed by atoms with Gasteiger partial charge in [0.2, 0.25) is 5.91 Å². The largest absolute Gasteiger partial charge is 0.391 e. The molecule has 0 radical (unpaired) electrons.